The Balaban J connectivity index is 1.52. The minimum Gasteiger partial charge on any atom is -0.495 e. The molecule has 33 heavy (non-hydrogen) atoms. The fraction of sp³-hybridized carbons (Fsp3) is 0.200. The van der Waals surface area contributed by atoms with Gasteiger partial charge in [0.15, 0.2) is 0 Å². The molecule has 2 N–H and O–H groups in total. The summed E-state index contributed by atoms with van der Waals surface area (Å²) in [6.45, 7) is 0. The number of rotatable bonds is 5. The second-order valence-corrected chi connectivity index (χ2v) is 10.7. The van der Waals surface area contributed by atoms with Crippen molar-refractivity contribution in [2.24, 2.45) is 5.92 Å². The van der Waals surface area contributed by atoms with Gasteiger partial charge in [-0.3, -0.25) is 4.72 Å². The van der Waals surface area contributed by atoms with Crippen LogP contribution in [0.3, 0.4) is 0 Å². The molecular formula is C25H22Cl2N2O3S. The van der Waals surface area contributed by atoms with Crippen LogP contribution >= 0.6 is 23.2 Å². The summed E-state index contributed by atoms with van der Waals surface area (Å²) in [5, 5.41) is 4.81. The molecule has 5 nitrogen and oxygen atoms in total. The summed E-state index contributed by atoms with van der Waals surface area (Å²) in [5.74, 6) is 0.689. The first-order chi connectivity index (χ1) is 15.9. The number of ether oxygens (including phenoxy) is 1. The zero-order chi connectivity index (χ0) is 23.2. The number of nitrogens with one attached hydrogen (secondary N) is 2. The van der Waals surface area contributed by atoms with Gasteiger partial charge in [0.05, 0.1) is 23.7 Å². The van der Waals surface area contributed by atoms with Crippen molar-refractivity contribution >= 4 is 44.6 Å². The molecule has 3 atom stereocenters. The van der Waals surface area contributed by atoms with E-state index in [1.807, 2.05) is 24.3 Å². The maximum atomic E-state index is 13.2. The number of fused-ring (bicyclic) bond motifs is 3. The molecule has 3 aromatic rings. The van der Waals surface area contributed by atoms with Gasteiger partial charge in [-0.25, -0.2) is 8.42 Å². The highest BCUT2D eigenvalue weighted by Gasteiger charge is 2.40. The topological polar surface area (TPSA) is 67.4 Å². The molecule has 0 radical (unpaired) electrons. The maximum Gasteiger partial charge on any atom is 0.262 e. The number of anilines is 2. The Kier molecular flexibility index (Phi) is 5.77. The van der Waals surface area contributed by atoms with E-state index in [1.165, 1.54) is 7.11 Å². The Bertz CT molecular complexity index is 1340. The quantitative estimate of drug-likeness (QED) is 0.385. The molecule has 0 spiro atoms. The molecule has 5 rings (SSSR count). The van der Waals surface area contributed by atoms with Crippen LogP contribution in [0.5, 0.6) is 5.75 Å². The second kappa shape index (κ2) is 8.60. The summed E-state index contributed by atoms with van der Waals surface area (Å²) in [4.78, 5) is 0.197. The van der Waals surface area contributed by atoms with Gasteiger partial charge < -0.3 is 10.1 Å². The molecule has 0 fully saturated rings. The van der Waals surface area contributed by atoms with Crippen LogP contribution in [-0.4, -0.2) is 15.5 Å². The lowest BCUT2D eigenvalue weighted by Crippen LogP contribution is -2.29. The van der Waals surface area contributed by atoms with E-state index in [4.69, 9.17) is 27.9 Å². The first kappa shape index (κ1) is 22.1. The average Bonchev–Trinajstić information content (AvgIpc) is 3.29. The molecule has 8 heteroatoms. The first-order valence-electron chi connectivity index (χ1n) is 10.6. The van der Waals surface area contributed by atoms with Crippen LogP contribution in [0.15, 0.2) is 77.7 Å². The molecule has 1 aliphatic carbocycles. The van der Waals surface area contributed by atoms with Gasteiger partial charge in [0.2, 0.25) is 0 Å². The molecule has 0 unspecified atom stereocenters. The number of allylic oxidation sites excluding steroid dienone is 2. The van der Waals surface area contributed by atoms with Gasteiger partial charge >= 0.3 is 0 Å². The number of benzene rings is 3. The average molecular weight is 501 g/mol. The Morgan fingerprint density at radius 1 is 1.03 bits per heavy atom. The summed E-state index contributed by atoms with van der Waals surface area (Å²) in [6.07, 6.45) is 5.13. The zero-order valence-corrected chi connectivity index (χ0v) is 20.1. The summed E-state index contributed by atoms with van der Waals surface area (Å²) < 4.78 is 34.3. The van der Waals surface area contributed by atoms with Gasteiger partial charge in [0.1, 0.15) is 5.75 Å². The number of methoxy groups -OCH3 is 1. The van der Waals surface area contributed by atoms with Crippen LogP contribution in [0.4, 0.5) is 11.4 Å². The number of halogens is 2. The highest BCUT2D eigenvalue weighted by molar-refractivity contribution is 7.92. The molecule has 1 heterocycles. The van der Waals surface area contributed by atoms with Crippen LogP contribution in [0.25, 0.3) is 0 Å². The van der Waals surface area contributed by atoms with E-state index in [-0.39, 0.29) is 22.8 Å². The van der Waals surface area contributed by atoms with Crippen molar-refractivity contribution in [2.75, 3.05) is 17.1 Å². The predicted molar refractivity (Wildman–Crippen MR) is 133 cm³/mol. The molecule has 0 aromatic heterocycles. The summed E-state index contributed by atoms with van der Waals surface area (Å²) in [7, 11) is -2.31. The summed E-state index contributed by atoms with van der Waals surface area (Å²) in [5.41, 5.74) is 3.08. The molecule has 0 amide bonds. The fourth-order valence-corrected chi connectivity index (χ4v) is 6.50. The monoisotopic (exact) mass is 500 g/mol. The largest absolute Gasteiger partial charge is 0.495 e. The Labute approximate surface area is 203 Å². The lowest BCUT2D eigenvalue weighted by atomic mass is 9.77. The standard InChI is InChI=1S/C25H22Cl2N2O3S/c1-32-23-11-3-2-10-22(23)29-33(30,31)15-12-13-21-18(14-15)16-6-4-7-17(16)25(28-21)24-19(26)8-5-9-20(24)27/h2-6,8-14,16-17,25,28-29H,7H2,1H3/t16-,17+,25-/m0/s1. The third kappa shape index (κ3) is 3.97. The van der Waals surface area contributed by atoms with E-state index in [9.17, 15) is 8.42 Å². The smallest absolute Gasteiger partial charge is 0.262 e. The van der Waals surface area contributed by atoms with Gasteiger partial charge in [-0.15, -0.1) is 0 Å². The highest BCUT2D eigenvalue weighted by atomic mass is 35.5. The molecular weight excluding hydrogens is 479 g/mol. The molecule has 0 saturated heterocycles. The second-order valence-electron chi connectivity index (χ2n) is 8.17. The van der Waals surface area contributed by atoms with Gasteiger partial charge in [-0.1, -0.05) is 53.6 Å². The number of hydrogen-bond acceptors (Lipinski definition) is 4. The third-order valence-electron chi connectivity index (χ3n) is 6.31. The third-order valence-corrected chi connectivity index (χ3v) is 8.33. The number of hydrogen-bond donors (Lipinski definition) is 2. The highest BCUT2D eigenvalue weighted by Crippen LogP contribution is 2.52. The van der Waals surface area contributed by atoms with Crippen molar-refractivity contribution in [1.29, 1.82) is 0 Å². The van der Waals surface area contributed by atoms with E-state index in [0.717, 1.165) is 23.2 Å². The van der Waals surface area contributed by atoms with Crippen molar-refractivity contribution in [3.63, 3.8) is 0 Å². The van der Waals surface area contributed by atoms with Gasteiger partial charge in [-0.2, -0.15) is 0 Å². The zero-order valence-electron chi connectivity index (χ0n) is 17.8. The molecule has 0 bridgehead atoms. The lowest BCUT2D eigenvalue weighted by molar-refractivity contribution is 0.417. The van der Waals surface area contributed by atoms with E-state index in [2.05, 4.69) is 22.2 Å². The molecule has 2 aliphatic rings. The Morgan fingerprint density at radius 3 is 2.55 bits per heavy atom. The summed E-state index contributed by atoms with van der Waals surface area (Å²) in [6, 6.07) is 17.5. The van der Waals surface area contributed by atoms with Gasteiger partial charge in [-0.05, 0) is 60.4 Å². The van der Waals surface area contributed by atoms with Crippen LogP contribution in [0, 0.1) is 5.92 Å². The van der Waals surface area contributed by atoms with Gasteiger partial charge in [0.25, 0.3) is 10.0 Å². The minimum atomic E-state index is -3.81. The van der Waals surface area contributed by atoms with Gasteiger partial charge in [0, 0.05) is 27.2 Å². The molecule has 170 valence electrons. The number of para-hydroxylation sites is 2. The van der Waals surface area contributed by atoms with E-state index in [1.54, 1.807) is 36.4 Å². The molecule has 0 saturated carbocycles. The van der Waals surface area contributed by atoms with Crippen LogP contribution in [-0.2, 0) is 10.0 Å². The van der Waals surface area contributed by atoms with E-state index >= 15 is 0 Å². The van der Waals surface area contributed by atoms with E-state index in [0.29, 0.717) is 21.5 Å². The minimum absolute atomic E-state index is 0.0556. The fourth-order valence-electron chi connectivity index (χ4n) is 4.77. The van der Waals surface area contributed by atoms with Crippen molar-refractivity contribution in [3.05, 3.63) is 94.0 Å². The number of sulfonamides is 1. The van der Waals surface area contributed by atoms with E-state index < -0.39 is 10.0 Å². The maximum absolute atomic E-state index is 13.2. The lowest BCUT2D eigenvalue weighted by Gasteiger charge is -2.38. The molecule has 1 aliphatic heterocycles. The van der Waals surface area contributed by atoms with Crippen molar-refractivity contribution in [1.82, 2.24) is 0 Å². The Morgan fingerprint density at radius 2 is 1.79 bits per heavy atom. The Hall–Kier alpha value is -2.67. The van der Waals surface area contributed by atoms with Crippen molar-refractivity contribution in [2.45, 2.75) is 23.3 Å². The predicted octanol–water partition coefficient (Wildman–Crippen LogP) is 6.63. The SMILES string of the molecule is COc1ccccc1NS(=O)(=O)c1ccc2c(c1)[C@H]1C=CC[C@H]1[C@@H](c1c(Cl)cccc1Cl)N2. The van der Waals surface area contributed by atoms with Crippen LogP contribution in [0.2, 0.25) is 10.0 Å². The van der Waals surface area contributed by atoms with Crippen molar-refractivity contribution in [3.8, 4) is 5.75 Å². The normalized spacial score (nSPS) is 21.1. The van der Waals surface area contributed by atoms with Crippen LogP contribution in [0.1, 0.15) is 29.5 Å². The molecule has 3 aromatic carbocycles. The van der Waals surface area contributed by atoms with Crippen molar-refractivity contribution < 1.29 is 13.2 Å². The first-order valence-corrected chi connectivity index (χ1v) is 12.8. The van der Waals surface area contributed by atoms with Crippen LogP contribution < -0.4 is 14.8 Å². The summed E-state index contributed by atoms with van der Waals surface area (Å²) >= 11 is 13.0.